The zero-order chi connectivity index (χ0) is 21.0. The monoisotopic (exact) mass is 404 g/mol. The lowest BCUT2D eigenvalue weighted by Crippen LogP contribution is -2.61. The predicted octanol–water partition coefficient (Wildman–Crippen LogP) is 5.66. The van der Waals surface area contributed by atoms with Crippen LogP contribution in [0.1, 0.15) is 39.5 Å². The van der Waals surface area contributed by atoms with Gasteiger partial charge in [0.15, 0.2) is 0 Å². The third-order valence-electron chi connectivity index (χ3n) is 3.37. The highest BCUT2D eigenvalue weighted by Crippen LogP contribution is 2.53. The van der Waals surface area contributed by atoms with Crippen LogP contribution in [0.15, 0.2) is 12.2 Å². The average molecular weight is 404 g/mol. The Morgan fingerprint density at radius 3 is 1.65 bits per heavy atom. The number of carbonyl (C=O) groups excluding carboxylic acids is 1. The molecule has 3 nitrogen and oxygen atoms in total. The summed E-state index contributed by atoms with van der Waals surface area (Å²) in [5.41, 5.74) is -0.463. The summed E-state index contributed by atoms with van der Waals surface area (Å²) in [5, 5.41) is 0. The van der Waals surface area contributed by atoms with Gasteiger partial charge in [-0.3, -0.25) is 4.89 Å². The SMILES string of the molecule is C=C(C(=O)OOC(F)(F)C(F)(F)C(F)(F)C(F)(F)F)C(CCC)CCC. The van der Waals surface area contributed by atoms with Gasteiger partial charge in [-0.1, -0.05) is 33.3 Å². The molecule has 0 aliphatic carbocycles. The summed E-state index contributed by atoms with van der Waals surface area (Å²) in [7, 11) is 0. The van der Waals surface area contributed by atoms with Gasteiger partial charge in [0.05, 0.1) is 0 Å². The van der Waals surface area contributed by atoms with E-state index in [1.54, 1.807) is 13.8 Å². The normalized spacial score (nSPS) is 13.8. The number of rotatable bonds is 10. The zero-order valence-electron chi connectivity index (χ0n) is 13.7. The van der Waals surface area contributed by atoms with E-state index in [9.17, 15) is 44.3 Å². The summed E-state index contributed by atoms with van der Waals surface area (Å²) in [5.74, 6) is -16.5. The second-order valence-electron chi connectivity index (χ2n) is 5.42. The molecule has 0 aromatic heterocycles. The van der Waals surface area contributed by atoms with Crippen LogP contribution in [-0.2, 0) is 14.6 Å². The summed E-state index contributed by atoms with van der Waals surface area (Å²) in [6, 6.07) is 0. The first kappa shape index (κ1) is 24.5. The van der Waals surface area contributed by atoms with E-state index in [-0.39, 0.29) is 0 Å². The second kappa shape index (κ2) is 8.49. The van der Waals surface area contributed by atoms with Gasteiger partial charge in [-0.25, -0.2) is 4.79 Å². The van der Waals surface area contributed by atoms with Crippen LogP contribution in [0.25, 0.3) is 0 Å². The first-order valence-corrected chi connectivity index (χ1v) is 7.35. The van der Waals surface area contributed by atoms with E-state index in [2.05, 4.69) is 16.4 Å². The third kappa shape index (κ3) is 5.04. The second-order valence-corrected chi connectivity index (χ2v) is 5.42. The number of alkyl halides is 9. The molecule has 0 radical (unpaired) electrons. The van der Waals surface area contributed by atoms with E-state index < -0.39 is 41.6 Å². The number of carbonyl (C=O) groups is 1. The Balaban J connectivity index is 5.22. The van der Waals surface area contributed by atoms with Crippen molar-refractivity contribution in [3.05, 3.63) is 12.2 Å². The Morgan fingerprint density at radius 2 is 1.31 bits per heavy atom. The van der Waals surface area contributed by atoms with Crippen molar-refractivity contribution in [2.24, 2.45) is 5.92 Å². The molecule has 12 heteroatoms. The molecular weight excluding hydrogens is 387 g/mol. The summed E-state index contributed by atoms with van der Waals surface area (Å²) >= 11 is 0. The summed E-state index contributed by atoms with van der Waals surface area (Å²) in [4.78, 5) is 17.6. The lowest BCUT2D eigenvalue weighted by molar-refractivity contribution is -0.505. The van der Waals surface area contributed by atoms with Gasteiger partial charge >= 0.3 is 30.1 Å². The van der Waals surface area contributed by atoms with Crippen molar-refractivity contribution in [2.45, 2.75) is 63.7 Å². The Kier molecular flexibility index (Phi) is 8.01. The molecule has 0 aromatic carbocycles. The maximum Gasteiger partial charge on any atom is 0.461 e. The Bertz CT molecular complexity index is 494. The Labute approximate surface area is 143 Å². The van der Waals surface area contributed by atoms with E-state index in [0.29, 0.717) is 25.7 Å². The largest absolute Gasteiger partial charge is 0.461 e. The lowest BCUT2D eigenvalue weighted by atomic mass is 9.91. The highest BCUT2D eigenvalue weighted by Gasteiger charge is 2.83. The first-order valence-electron chi connectivity index (χ1n) is 7.35. The molecule has 0 aromatic rings. The Hall–Kier alpha value is -1.46. The fourth-order valence-corrected chi connectivity index (χ4v) is 1.91. The van der Waals surface area contributed by atoms with Gasteiger partial charge in [-0.15, -0.1) is 4.89 Å². The molecule has 0 atom stereocenters. The van der Waals surface area contributed by atoms with Crippen LogP contribution in [0, 0.1) is 5.92 Å². The van der Waals surface area contributed by atoms with E-state index in [4.69, 9.17) is 0 Å². The van der Waals surface area contributed by atoms with Crippen molar-refractivity contribution in [3.8, 4) is 0 Å². The predicted molar refractivity (Wildman–Crippen MR) is 70.5 cm³/mol. The van der Waals surface area contributed by atoms with Crippen molar-refractivity contribution in [3.63, 3.8) is 0 Å². The van der Waals surface area contributed by atoms with Gasteiger partial charge in [-0.2, -0.15) is 39.5 Å². The molecule has 0 N–H and O–H groups in total. The van der Waals surface area contributed by atoms with Gasteiger partial charge < -0.3 is 0 Å². The van der Waals surface area contributed by atoms with Crippen molar-refractivity contribution in [1.29, 1.82) is 0 Å². The molecule has 0 saturated heterocycles. The third-order valence-corrected chi connectivity index (χ3v) is 3.37. The fourth-order valence-electron chi connectivity index (χ4n) is 1.91. The van der Waals surface area contributed by atoms with Crippen LogP contribution >= 0.6 is 0 Å². The topological polar surface area (TPSA) is 35.5 Å². The number of hydrogen-bond donors (Lipinski definition) is 0. The summed E-state index contributed by atoms with van der Waals surface area (Å²) < 4.78 is 113. The van der Waals surface area contributed by atoms with Gasteiger partial charge in [-0.05, 0) is 18.8 Å². The molecule has 0 fully saturated rings. The standard InChI is InChI=1S/C14H17F9O3/c1-4-6-9(7-5-2)8(3)10(24)25-26-14(22,23)12(17,18)11(15,16)13(19,20)21/h9H,3-7H2,1-2H3. The molecule has 0 saturated carbocycles. The molecule has 0 heterocycles. The summed E-state index contributed by atoms with van der Waals surface area (Å²) in [6.07, 6.45) is -11.7. The zero-order valence-corrected chi connectivity index (χ0v) is 13.7. The van der Waals surface area contributed by atoms with Gasteiger partial charge in [0.2, 0.25) is 0 Å². The smallest absolute Gasteiger partial charge is 0.287 e. The molecule has 154 valence electrons. The van der Waals surface area contributed by atoms with E-state index in [0.717, 1.165) is 0 Å². The minimum atomic E-state index is -7.14. The molecule has 0 bridgehead atoms. The quantitative estimate of drug-likeness (QED) is 0.204. The minimum Gasteiger partial charge on any atom is -0.287 e. The van der Waals surface area contributed by atoms with Gasteiger partial charge in [0.1, 0.15) is 0 Å². The van der Waals surface area contributed by atoms with Crippen LogP contribution in [0.5, 0.6) is 0 Å². The average Bonchev–Trinajstić information content (AvgIpc) is 2.50. The van der Waals surface area contributed by atoms with Gasteiger partial charge in [0, 0.05) is 5.57 Å². The van der Waals surface area contributed by atoms with Crippen LogP contribution in [0.3, 0.4) is 0 Å². The highest BCUT2D eigenvalue weighted by atomic mass is 19.4. The molecular formula is C14H17F9O3. The number of halogens is 9. The molecule has 0 spiro atoms. The molecule has 0 rings (SSSR count). The molecule has 0 amide bonds. The Morgan fingerprint density at radius 1 is 0.885 bits per heavy atom. The fraction of sp³-hybridized carbons (Fsp3) is 0.786. The van der Waals surface area contributed by atoms with Crippen LogP contribution in [-0.4, -0.2) is 30.1 Å². The van der Waals surface area contributed by atoms with Crippen molar-refractivity contribution in [2.75, 3.05) is 0 Å². The van der Waals surface area contributed by atoms with Gasteiger partial charge in [0.25, 0.3) is 0 Å². The van der Waals surface area contributed by atoms with Crippen molar-refractivity contribution >= 4 is 5.97 Å². The molecule has 0 aliphatic heterocycles. The molecule has 0 aliphatic rings. The molecule has 26 heavy (non-hydrogen) atoms. The lowest BCUT2D eigenvalue weighted by Gasteiger charge is -2.31. The minimum absolute atomic E-state index is 0.348. The van der Waals surface area contributed by atoms with Crippen LogP contribution in [0.4, 0.5) is 39.5 Å². The van der Waals surface area contributed by atoms with Crippen molar-refractivity contribution in [1.82, 2.24) is 0 Å². The van der Waals surface area contributed by atoms with E-state index in [1.807, 2.05) is 0 Å². The van der Waals surface area contributed by atoms with Crippen molar-refractivity contribution < 1.29 is 54.1 Å². The first-order chi connectivity index (χ1) is 11.6. The van der Waals surface area contributed by atoms with Crippen LogP contribution in [0.2, 0.25) is 0 Å². The maximum atomic E-state index is 13.1. The van der Waals surface area contributed by atoms with E-state index in [1.165, 1.54) is 0 Å². The summed E-state index contributed by atoms with van der Waals surface area (Å²) in [6.45, 7) is 6.66. The van der Waals surface area contributed by atoms with Crippen LogP contribution < -0.4 is 0 Å². The highest BCUT2D eigenvalue weighted by molar-refractivity contribution is 5.87. The van der Waals surface area contributed by atoms with E-state index >= 15 is 0 Å². The maximum absolute atomic E-state index is 13.1. The molecule has 0 unspecified atom stereocenters. The number of hydrogen-bond acceptors (Lipinski definition) is 3.